The number of aromatic nitrogens is 2. The monoisotopic (exact) mass is 445 g/mol. The molecule has 0 saturated carbocycles. The Hall–Kier alpha value is -4.94. The molecule has 3 heterocycles. The van der Waals surface area contributed by atoms with Crippen LogP contribution in [-0.4, -0.2) is 9.38 Å². The maximum absolute atomic E-state index is 9.05. The normalized spacial score (nSPS) is 11.4. The SMILES string of the molecule is N#Cc1ccc(-c2ccc(-c3ccc4c(c3)c3c(-c5ccccc5)nc5cccc4n53)cc2)cc1. The zero-order valence-corrected chi connectivity index (χ0v) is 18.8. The van der Waals surface area contributed by atoms with Crippen molar-refractivity contribution in [3.8, 4) is 39.6 Å². The molecular formula is C32H19N3. The molecule has 7 rings (SSSR count). The fraction of sp³-hybridized carbons (Fsp3) is 0. The van der Waals surface area contributed by atoms with Gasteiger partial charge in [-0.15, -0.1) is 0 Å². The van der Waals surface area contributed by atoms with E-state index in [0.29, 0.717) is 5.56 Å². The Morgan fingerprint density at radius 2 is 1.23 bits per heavy atom. The van der Waals surface area contributed by atoms with Gasteiger partial charge in [-0.3, -0.25) is 4.40 Å². The first-order valence-corrected chi connectivity index (χ1v) is 11.6. The molecular weight excluding hydrogens is 426 g/mol. The van der Waals surface area contributed by atoms with Crippen molar-refractivity contribution < 1.29 is 0 Å². The second-order valence-electron chi connectivity index (χ2n) is 8.81. The first-order valence-electron chi connectivity index (χ1n) is 11.6. The van der Waals surface area contributed by atoms with Gasteiger partial charge in [0.15, 0.2) is 0 Å². The zero-order chi connectivity index (χ0) is 23.4. The van der Waals surface area contributed by atoms with Crippen molar-refractivity contribution in [3.63, 3.8) is 0 Å². The van der Waals surface area contributed by atoms with E-state index in [1.165, 1.54) is 27.4 Å². The molecule has 3 nitrogen and oxygen atoms in total. The van der Waals surface area contributed by atoms with Crippen molar-refractivity contribution in [2.75, 3.05) is 0 Å². The Labute approximate surface area is 202 Å². The van der Waals surface area contributed by atoms with E-state index in [0.717, 1.165) is 33.5 Å². The molecule has 0 spiro atoms. The molecule has 0 N–H and O–H groups in total. The van der Waals surface area contributed by atoms with Crippen LogP contribution in [0.15, 0.2) is 115 Å². The lowest BCUT2D eigenvalue weighted by Crippen LogP contribution is -1.82. The van der Waals surface area contributed by atoms with E-state index in [2.05, 4.69) is 95.4 Å². The zero-order valence-electron chi connectivity index (χ0n) is 18.8. The third-order valence-corrected chi connectivity index (χ3v) is 6.81. The van der Waals surface area contributed by atoms with Crippen LogP contribution in [0.1, 0.15) is 5.56 Å². The Kier molecular flexibility index (Phi) is 4.21. The standard InChI is InChI=1S/C32H19N3/c33-20-21-9-11-22(12-10-21)23-13-15-24(16-14-23)26-17-18-27-28(19-26)32-31(25-5-2-1-3-6-25)34-30-8-4-7-29(27)35(30)32/h1-19H. The molecule has 0 fully saturated rings. The van der Waals surface area contributed by atoms with Gasteiger partial charge in [-0.25, -0.2) is 4.98 Å². The van der Waals surface area contributed by atoms with Crippen LogP contribution >= 0.6 is 0 Å². The quantitative estimate of drug-likeness (QED) is 0.277. The van der Waals surface area contributed by atoms with E-state index < -0.39 is 0 Å². The maximum atomic E-state index is 9.05. The number of hydrogen-bond donors (Lipinski definition) is 0. The second-order valence-corrected chi connectivity index (χ2v) is 8.81. The minimum atomic E-state index is 0.674. The van der Waals surface area contributed by atoms with Crippen LogP contribution in [0.3, 0.4) is 0 Å². The number of nitriles is 1. The lowest BCUT2D eigenvalue weighted by atomic mass is 9.98. The smallest absolute Gasteiger partial charge is 0.138 e. The van der Waals surface area contributed by atoms with Crippen molar-refractivity contribution in [1.82, 2.24) is 9.38 Å². The van der Waals surface area contributed by atoms with Crippen LogP contribution in [0.5, 0.6) is 0 Å². The molecule has 0 saturated heterocycles. The minimum absolute atomic E-state index is 0.674. The van der Waals surface area contributed by atoms with Gasteiger partial charge in [-0.1, -0.05) is 84.9 Å². The molecule has 0 unspecified atom stereocenters. The summed E-state index contributed by atoms with van der Waals surface area (Å²) in [7, 11) is 0. The van der Waals surface area contributed by atoms with Crippen molar-refractivity contribution >= 4 is 27.5 Å². The van der Waals surface area contributed by atoms with Gasteiger partial charge in [-0.2, -0.15) is 5.26 Å². The molecule has 0 radical (unpaired) electrons. The number of nitrogens with zero attached hydrogens (tertiary/aromatic N) is 3. The summed E-state index contributed by atoms with van der Waals surface area (Å²) >= 11 is 0. The number of rotatable bonds is 3. The van der Waals surface area contributed by atoms with Crippen molar-refractivity contribution in [3.05, 3.63) is 121 Å². The number of fused-ring (bicyclic) bond motifs is 3. The molecule has 7 aromatic rings. The van der Waals surface area contributed by atoms with E-state index in [1.54, 1.807) is 0 Å². The largest absolute Gasteiger partial charge is 0.292 e. The summed E-state index contributed by atoms with van der Waals surface area (Å²) in [5, 5.41) is 11.5. The fourth-order valence-electron chi connectivity index (χ4n) is 5.08. The van der Waals surface area contributed by atoms with Gasteiger partial charge in [0, 0.05) is 16.3 Å². The Morgan fingerprint density at radius 3 is 1.94 bits per heavy atom. The van der Waals surface area contributed by atoms with E-state index >= 15 is 0 Å². The number of imidazole rings is 1. The topological polar surface area (TPSA) is 41.1 Å². The summed E-state index contributed by atoms with van der Waals surface area (Å²) in [5.41, 5.74) is 10.7. The van der Waals surface area contributed by atoms with Gasteiger partial charge in [0.25, 0.3) is 0 Å². The summed E-state index contributed by atoms with van der Waals surface area (Å²) in [5.74, 6) is 0. The molecule has 4 aromatic carbocycles. The van der Waals surface area contributed by atoms with E-state index in [4.69, 9.17) is 10.2 Å². The Morgan fingerprint density at radius 1 is 0.571 bits per heavy atom. The summed E-state index contributed by atoms with van der Waals surface area (Å²) < 4.78 is 2.28. The molecule has 0 aliphatic heterocycles. The van der Waals surface area contributed by atoms with Crippen molar-refractivity contribution in [2.24, 2.45) is 0 Å². The molecule has 0 aliphatic rings. The molecule has 35 heavy (non-hydrogen) atoms. The summed E-state index contributed by atoms with van der Waals surface area (Å²) in [6, 6.07) is 42.0. The first kappa shape index (κ1) is 19.5. The van der Waals surface area contributed by atoms with Gasteiger partial charge < -0.3 is 0 Å². The Balaban J connectivity index is 1.38. The van der Waals surface area contributed by atoms with Crippen LogP contribution in [-0.2, 0) is 0 Å². The van der Waals surface area contributed by atoms with E-state index in [9.17, 15) is 0 Å². The highest BCUT2D eigenvalue weighted by Crippen LogP contribution is 2.39. The lowest BCUT2D eigenvalue weighted by Gasteiger charge is -2.06. The van der Waals surface area contributed by atoms with Gasteiger partial charge in [0.05, 0.1) is 28.4 Å². The molecule has 0 atom stereocenters. The van der Waals surface area contributed by atoms with Gasteiger partial charge in [0.2, 0.25) is 0 Å². The van der Waals surface area contributed by atoms with Crippen molar-refractivity contribution in [2.45, 2.75) is 0 Å². The third-order valence-electron chi connectivity index (χ3n) is 6.81. The number of pyridine rings is 1. The van der Waals surface area contributed by atoms with Gasteiger partial charge >= 0.3 is 0 Å². The number of hydrogen-bond acceptors (Lipinski definition) is 2. The van der Waals surface area contributed by atoms with Gasteiger partial charge in [0.1, 0.15) is 5.65 Å². The highest BCUT2D eigenvalue weighted by atomic mass is 15.0. The van der Waals surface area contributed by atoms with Crippen LogP contribution in [0.4, 0.5) is 0 Å². The van der Waals surface area contributed by atoms with Crippen molar-refractivity contribution in [1.29, 1.82) is 5.26 Å². The maximum Gasteiger partial charge on any atom is 0.138 e. The molecule has 0 amide bonds. The van der Waals surface area contributed by atoms with Crippen LogP contribution < -0.4 is 0 Å². The number of benzene rings is 4. The summed E-state index contributed by atoms with van der Waals surface area (Å²) in [6.45, 7) is 0. The molecule has 0 aliphatic carbocycles. The highest BCUT2D eigenvalue weighted by Gasteiger charge is 2.19. The predicted octanol–water partition coefficient (Wildman–Crippen LogP) is 7.95. The van der Waals surface area contributed by atoms with Crippen LogP contribution in [0.25, 0.3) is 61.0 Å². The first-order chi connectivity index (χ1) is 17.3. The molecule has 3 aromatic heterocycles. The molecule has 3 heteroatoms. The summed E-state index contributed by atoms with van der Waals surface area (Å²) in [6.07, 6.45) is 0. The van der Waals surface area contributed by atoms with Crippen LogP contribution in [0.2, 0.25) is 0 Å². The molecule has 162 valence electrons. The molecule has 0 bridgehead atoms. The third kappa shape index (κ3) is 3.01. The lowest BCUT2D eigenvalue weighted by molar-refractivity contribution is 1.31. The fourth-order valence-corrected chi connectivity index (χ4v) is 5.08. The second kappa shape index (κ2) is 7.55. The average molecular weight is 446 g/mol. The summed E-state index contributed by atoms with van der Waals surface area (Å²) in [4.78, 5) is 5.00. The highest BCUT2D eigenvalue weighted by molar-refractivity contribution is 6.14. The van der Waals surface area contributed by atoms with Crippen LogP contribution in [0, 0.1) is 11.3 Å². The predicted molar refractivity (Wildman–Crippen MR) is 142 cm³/mol. The average Bonchev–Trinajstić information content (AvgIpc) is 3.49. The van der Waals surface area contributed by atoms with E-state index in [-0.39, 0.29) is 0 Å². The minimum Gasteiger partial charge on any atom is -0.292 e. The van der Waals surface area contributed by atoms with Gasteiger partial charge in [-0.05, 0) is 52.6 Å². The Bertz CT molecular complexity index is 1870. The van der Waals surface area contributed by atoms with E-state index in [1.807, 2.05) is 30.3 Å².